The Morgan fingerprint density at radius 3 is 1.43 bits per heavy atom. The van der Waals surface area contributed by atoms with Gasteiger partial charge in [0.2, 0.25) is 0 Å². The van der Waals surface area contributed by atoms with E-state index in [1.807, 2.05) is 0 Å². The number of hydrogen-bond donors (Lipinski definition) is 0. The fourth-order valence-corrected chi connectivity index (χ4v) is 2.28. The standard InChI is InChI=1S/C17H12F6/c1-2-15(11-5-3-7-13(9-11)16(18,19)20)12-6-4-8-14(10-12)17(21,22)23/h2-10,15H,1H2. The van der Waals surface area contributed by atoms with Crippen molar-refractivity contribution >= 4 is 0 Å². The molecule has 0 N–H and O–H groups in total. The summed E-state index contributed by atoms with van der Waals surface area (Å²) in [6.45, 7) is 3.53. The molecule has 0 radical (unpaired) electrons. The van der Waals surface area contributed by atoms with E-state index in [9.17, 15) is 26.3 Å². The van der Waals surface area contributed by atoms with E-state index in [1.54, 1.807) is 0 Å². The first kappa shape index (κ1) is 17.1. The summed E-state index contributed by atoms with van der Waals surface area (Å²) in [5.41, 5.74) is -1.24. The zero-order chi connectivity index (χ0) is 17.3. The molecule has 0 saturated heterocycles. The number of alkyl halides is 6. The fourth-order valence-electron chi connectivity index (χ4n) is 2.28. The molecular weight excluding hydrogens is 318 g/mol. The number of halogens is 6. The molecule has 0 spiro atoms. The second kappa shape index (κ2) is 6.10. The van der Waals surface area contributed by atoms with Crippen molar-refractivity contribution in [3.8, 4) is 0 Å². The van der Waals surface area contributed by atoms with Crippen molar-refractivity contribution in [2.75, 3.05) is 0 Å². The molecule has 2 rings (SSSR count). The molecule has 122 valence electrons. The van der Waals surface area contributed by atoms with E-state index in [-0.39, 0.29) is 11.1 Å². The molecule has 23 heavy (non-hydrogen) atoms. The maximum absolute atomic E-state index is 12.8. The fraction of sp³-hybridized carbons (Fsp3) is 0.176. The Kier molecular flexibility index (Phi) is 4.54. The average Bonchev–Trinajstić information content (AvgIpc) is 2.47. The molecule has 0 heterocycles. The third kappa shape index (κ3) is 3.94. The molecule has 0 saturated carbocycles. The van der Waals surface area contributed by atoms with Crippen LogP contribution in [0.15, 0.2) is 61.2 Å². The van der Waals surface area contributed by atoms with Crippen molar-refractivity contribution in [2.24, 2.45) is 0 Å². The third-order valence-electron chi connectivity index (χ3n) is 3.38. The van der Waals surface area contributed by atoms with Crippen LogP contribution in [0.2, 0.25) is 0 Å². The summed E-state index contributed by atoms with van der Waals surface area (Å²) in [7, 11) is 0. The lowest BCUT2D eigenvalue weighted by molar-refractivity contribution is -0.138. The lowest BCUT2D eigenvalue weighted by atomic mass is 9.89. The van der Waals surface area contributed by atoms with Gasteiger partial charge in [0.1, 0.15) is 0 Å². The highest BCUT2D eigenvalue weighted by atomic mass is 19.4. The summed E-state index contributed by atoms with van der Waals surface area (Å²) < 4.78 is 76.7. The Bertz CT molecular complexity index is 639. The van der Waals surface area contributed by atoms with E-state index in [0.717, 1.165) is 24.3 Å². The first-order chi connectivity index (χ1) is 10.6. The maximum Gasteiger partial charge on any atom is 0.416 e. The van der Waals surface area contributed by atoms with Gasteiger partial charge in [-0.2, -0.15) is 26.3 Å². The second-order valence-corrected chi connectivity index (χ2v) is 4.96. The summed E-state index contributed by atoms with van der Waals surface area (Å²) >= 11 is 0. The highest BCUT2D eigenvalue weighted by molar-refractivity contribution is 5.40. The Morgan fingerprint density at radius 1 is 0.739 bits per heavy atom. The van der Waals surface area contributed by atoms with E-state index in [0.29, 0.717) is 0 Å². The Labute approximate surface area is 129 Å². The summed E-state index contributed by atoms with van der Waals surface area (Å²) in [4.78, 5) is 0. The Morgan fingerprint density at radius 2 is 1.13 bits per heavy atom. The van der Waals surface area contributed by atoms with Crippen LogP contribution in [0.25, 0.3) is 0 Å². The van der Waals surface area contributed by atoms with Gasteiger partial charge < -0.3 is 0 Å². The Hall–Kier alpha value is -2.24. The van der Waals surface area contributed by atoms with Crippen LogP contribution in [0.4, 0.5) is 26.3 Å². The minimum Gasteiger partial charge on any atom is -0.166 e. The van der Waals surface area contributed by atoms with Crippen molar-refractivity contribution in [2.45, 2.75) is 18.3 Å². The minimum absolute atomic E-state index is 0.231. The predicted octanol–water partition coefficient (Wildman–Crippen LogP) is 6.04. The van der Waals surface area contributed by atoms with Gasteiger partial charge in [0.15, 0.2) is 0 Å². The lowest BCUT2D eigenvalue weighted by Gasteiger charge is -2.17. The van der Waals surface area contributed by atoms with Crippen LogP contribution < -0.4 is 0 Å². The van der Waals surface area contributed by atoms with Crippen molar-refractivity contribution in [3.05, 3.63) is 83.4 Å². The van der Waals surface area contributed by atoms with E-state index < -0.39 is 29.4 Å². The summed E-state index contributed by atoms with van der Waals surface area (Å²) in [6.07, 6.45) is -7.71. The molecule has 6 heteroatoms. The number of allylic oxidation sites excluding steroid dienone is 1. The zero-order valence-electron chi connectivity index (χ0n) is 11.7. The number of benzene rings is 2. The van der Waals surface area contributed by atoms with Gasteiger partial charge in [0.25, 0.3) is 0 Å². The molecule has 2 aromatic carbocycles. The topological polar surface area (TPSA) is 0 Å². The van der Waals surface area contributed by atoms with E-state index in [1.165, 1.54) is 30.3 Å². The van der Waals surface area contributed by atoms with Gasteiger partial charge in [-0.25, -0.2) is 0 Å². The predicted molar refractivity (Wildman–Crippen MR) is 74.9 cm³/mol. The third-order valence-corrected chi connectivity index (χ3v) is 3.38. The molecule has 2 aromatic rings. The normalized spacial score (nSPS) is 12.5. The lowest BCUT2D eigenvalue weighted by Crippen LogP contribution is -2.08. The quantitative estimate of drug-likeness (QED) is 0.475. The molecule has 0 bridgehead atoms. The molecule has 0 fully saturated rings. The van der Waals surface area contributed by atoms with Gasteiger partial charge in [-0.1, -0.05) is 42.5 Å². The minimum atomic E-state index is -4.52. The van der Waals surface area contributed by atoms with Gasteiger partial charge in [-0.3, -0.25) is 0 Å². The molecule has 0 aromatic heterocycles. The average molecular weight is 330 g/mol. The molecule has 0 unspecified atom stereocenters. The van der Waals surface area contributed by atoms with Crippen molar-refractivity contribution in [1.29, 1.82) is 0 Å². The Balaban J connectivity index is 2.47. The highest BCUT2D eigenvalue weighted by Gasteiger charge is 2.32. The van der Waals surface area contributed by atoms with Gasteiger partial charge in [-0.05, 0) is 23.3 Å². The van der Waals surface area contributed by atoms with Gasteiger partial charge >= 0.3 is 12.4 Å². The van der Waals surface area contributed by atoms with Gasteiger partial charge in [-0.15, -0.1) is 6.58 Å². The number of rotatable bonds is 3. The molecule has 0 aliphatic rings. The van der Waals surface area contributed by atoms with Crippen LogP contribution in [-0.2, 0) is 12.4 Å². The molecular formula is C17H12F6. The highest BCUT2D eigenvalue weighted by Crippen LogP contribution is 2.35. The smallest absolute Gasteiger partial charge is 0.166 e. The van der Waals surface area contributed by atoms with Crippen LogP contribution in [0.3, 0.4) is 0 Å². The first-order valence-corrected chi connectivity index (χ1v) is 6.60. The maximum atomic E-state index is 12.8. The summed E-state index contributed by atoms with van der Waals surface area (Å²) in [5, 5.41) is 0. The van der Waals surface area contributed by atoms with Gasteiger partial charge in [0, 0.05) is 5.92 Å². The SMILES string of the molecule is C=CC(c1cccc(C(F)(F)F)c1)c1cccc(C(F)(F)F)c1. The molecule has 0 aliphatic heterocycles. The number of hydrogen-bond acceptors (Lipinski definition) is 0. The summed E-state index contributed by atoms with van der Waals surface area (Å²) in [6, 6.07) is 8.99. The van der Waals surface area contributed by atoms with Crippen molar-refractivity contribution < 1.29 is 26.3 Å². The molecule has 0 amide bonds. The van der Waals surface area contributed by atoms with Gasteiger partial charge in [0.05, 0.1) is 11.1 Å². The molecule has 0 atom stereocenters. The zero-order valence-corrected chi connectivity index (χ0v) is 11.7. The van der Waals surface area contributed by atoms with E-state index in [2.05, 4.69) is 6.58 Å². The second-order valence-electron chi connectivity index (χ2n) is 4.96. The largest absolute Gasteiger partial charge is 0.416 e. The first-order valence-electron chi connectivity index (χ1n) is 6.60. The molecule has 0 nitrogen and oxygen atoms in total. The monoisotopic (exact) mass is 330 g/mol. The van der Waals surface area contributed by atoms with Crippen molar-refractivity contribution in [3.63, 3.8) is 0 Å². The molecule has 0 aliphatic carbocycles. The van der Waals surface area contributed by atoms with Crippen molar-refractivity contribution in [1.82, 2.24) is 0 Å². The van der Waals surface area contributed by atoms with Crippen LogP contribution in [-0.4, -0.2) is 0 Å². The van der Waals surface area contributed by atoms with E-state index in [4.69, 9.17) is 0 Å². The van der Waals surface area contributed by atoms with Crippen LogP contribution in [0.5, 0.6) is 0 Å². The van der Waals surface area contributed by atoms with Crippen LogP contribution >= 0.6 is 0 Å². The van der Waals surface area contributed by atoms with Crippen LogP contribution in [0.1, 0.15) is 28.2 Å². The van der Waals surface area contributed by atoms with E-state index >= 15 is 0 Å². The van der Waals surface area contributed by atoms with Crippen LogP contribution in [0, 0.1) is 0 Å². The summed E-state index contributed by atoms with van der Waals surface area (Å²) in [5.74, 6) is -0.764.